The Hall–Kier alpha value is -3.51. The highest BCUT2D eigenvalue weighted by Gasteiger charge is 2.32. The molecule has 1 unspecified atom stereocenters. The molecule has 0 saturated carbocycles. The van der Waals surface area contributed by atoms with Crippen LogP contribution in [0.4, 0.5) is 5.69 Å². The first kappa shape index (κ1) is 17.6. The van der Waals surface area contributed by atoms with Crippen LogP contribution in [0.2, 0.25) is 0 Å². The minimum absolute atomic E-state index is 0.0879. The molecule has 1 amide bonds. The van der Waals surface area contributed by atoms with Crippen LogP contribution in [-0.2, 0) is 0 Å². The molecule has 0 spiro atoms. The summed E-state index contributed by atoms with van der Waals surface area (Å²) in [5.41, 5.74) is 4.01. The van der Waals surface area contributed by atoms with Gasteiger partial charge in [-0.15, -0.1) is 0 Å². The normalized spacial score (nSPS) is 15.1. The van der Waals surface area contributed by atoms with Gasteiger partial charge < -0.3 is 4.90 Å². The average molecular weight is 384 g/mol. The number of aromatic nitrogens is 3. The van der Waals surface area contributed by atoms with Crippen molar-refractivity contribution in [1.29, 1.82) is 0 Å². The van der Waals surface area contributed by atoms with Crippen LogP contribution < -0.4 is 9.80 Å². The van der Waals surface area contributed by atoms with E-state index in [1.807, 2.05) is 41.3 Å². The second-order valence-electron chi connectivity index (χ2n) is 7.57. The van der Waals surface area contributed by atoms with Crippen LogP contribution in [0.25, 0.3) is 16.5 Å². The van der Waals surface area contributed by atoms with Crippen molar-refractivity contribution >= 4 is 22.4 Å². The number of carbonyl (C=O) groups excluding carboxylic acids is 1. The highest BCUT2D eigenvalue weighted by atomic mass is 16.2. The molecule has 1 aromatic heterocycles. The van der Waals surface area contributed by atoms with Gasteiger partial charge >= 0.3 is 0 Å². The van der Waals surface area contributed by atoms with Crippen LogP contribution in [0.1, 0.15) is 28.9 Å². The van der Waals surface area contributed by atoms with Crippen LogP contribution in [0.5, 0.6) is 0 Å². The first-order valence-electron chi connectivity index (χ1n) is 9.74. The smallest absolute Gasteiger partial charge is 0.263 e. The summed E-state index contributed by atoms with van der Waals surface area (Å²) in [7, 11) is 2.13. The number of nitrogens with zero attached hydrogens (tertiary/aromatic N) is 4. The van der Waals surface area contributed by atoms with E-state index in [0.717, 1.165) is 27.7 Å². The van der Waals surface area contributed by atoms with Crippen molar-refractivity contribution in [3.8, 4) is 5.69 Å². The summed E-state index contributed by atoms with van der Waals surface area (Å²) in [4.78, 5) is 20.2. The van der Waals surface area contributed by atoms with Crippen molar-refractivity contribution in [3.05, 3.63) is 84.4 Å². The van der Waals surface area contributed by atoms with E-state index in [1.165, 1.54) is 16.8 Å². The number of amides is 1. The summed E-state index contributed by atoms with van der Waals surface area (Å²) >= 11 is 0. The van der Waals surface area contributed by atoms with Crippen LogP contribution in [0.3, 0.4) is 0 Å². The zero-order valence-corrected chi connectivity index (χ0v) is 16.4. The molecule has 6 nitrogen and oxygen atoms in total. The standard InChI is InChI=1S/C23H21N5O/c1-16(17-9-11-19(12-10-17)28-14-24-13-25-28)26(2)15-27-21-8-4-6-18-5-3-7-20(22(18)21)23(27)29/h3-14,16H,15H2,1-2H3/p+1/t16-/m0/s1. The van der Waals surface area contributed by atoms with E-state index in [1.54, 1.807) is 11.0 Å². The summed E-state index contributed by atoms with van der Waals surface area (Å²) in [6.07, 6.45) is 3.22. The first-order chi connectivity index (χ1) is 14.1. The van der Waals surface area contributed by atoms with E-state index < -0.39 is 0 Å². The lowest BCUT2D eigenvalue weighted by atomic mass is 10.1. The molecular weight excluding hydrogens is 362 g/mol. The predicted octanol–water partition coefficient (Wildman–Crippen LogP) is 2.61. The van der Waals surface area contributed by atoms with Gasteiger partial charge in [0.1, 0.15) is 18.7 Å². The van der Waals surface area contributed by atoms with Crippen molar-refractivity contribution in [2.45, 2.75) is 13.0 Å². The van der Waals surface area contributed by atoms with E-state index in [-0.39, 0.29) is 11.9 Å². The van der Waals surface area contributed by atoms with Gasteiger partial charge in [-0.05, 0) is 36.6 Å². The van der Waals surface area contributed by atoms with Gasteiger partial charge in [0.15, 0.2) is 6.67 Å². The third-order valence-corrected chi connectivity index (χ3v) is 5.87. The van der Waals surface area contributed by atoms with E-state index in [2.05, 4.69) is 48.3 Å². The molecule has 1 aliphatic heterocycles. The fourth-order valence-corrected chi connectivity index (χ4v) is 4.06. The summed E-state index contributed by atoms with van der Waals surface area (Å²) in [5, 5.41) is 6.35. The molecule has 6 heteroatoms. The molecule has 5 rings (SSSR count). The Balaban J connectivity index is 1.37. The van der Waals surface area contributed by atoms with Gasteiger partial charge in [0.25, 0.3) is 5.91 Å². The molecule has 0 saturated heterocycles. The lowest BCUT2D eigenvalue weighted by molar-refractivity contribution is -0.909. The fraction of sp³-hybridized carbons (Fsp3) is 0.174. The zero-order chi connectivity index (χ0) is 20.0. The third kappa shape index (κ3) is 2.89. The van der Waals surface area contributed by atoms with Gasteiger partial charge in [0, 0.05) is 10.9 Å². The molecule has 0 fully saturated rings. The van der Waals surface area contributed by atoms with Gasteiger partial charge in [0.05, 0.1) is 24.0 Å². The summed E-state index contributed by atoms with van der Waals surface area (Å²) < 4.78 is 1.74. The quantitative estimate of drug-likeness (QED) is 0.576. The fourth-order valence-electron chi connectivity index (χ4n) is 4.06. The molecule has 0 radical (unpaired) electrons. The molecule has 0 bridgehead atoms. The van der Waals surface area contributed by atoms with Crippen molar-refractivity contribution in [3.63, 3.8) is 0 Å². The Kier molecular flexibility index (Phi) is 4.14. The van der Waals surface area contributed by atoms with E-state index in [4.69, 9.17) is 0 Å². The highest BCUT2D eigenvalue weighted by molar-refractivity contribution is 6.24. The number of hydrogen-bond acceptors (Lipinski definition) is 3. The van der Waals surface area contributed by atoms with Gasteiger partial charge in [0.2, 0.25) is 0 Å². The van der Waals surface area contributed by atoms with E-state index >= 15 is 0 Å². The van der Waals surface area contributed by atoms with Crippen molar-refractivity contribution in [2.24, 2.45) is 0 Å². The zero-order valence-electron chi connectivity index (χ0n) is 16.4. The van der Waals surface area contributed by atoms with Crippen LogP contribution >= 0.6 is 0 Å². The molecule has 2 atom stereocenters. The number of nitrogens with one attached hydrogen (secondary N) is 1. The van der Waals surface area contributed by atoms with Crippen LogP contribution in [0.15, 0.2) is 73.3 Å². The van der Waals surface area contributed by atoms with Crippen LogP contribution in [-0.4, -0.2) is 34.4 Å². The summed E-state index contributed by atoms with van der Waals surface area (Å²) in [6, 6.07) is 20.6. The van der Waals surface area contributed by atoms with Crippen molar-refractivity contribution < 1.29 is 9.69 Å². The molecule has 4 aromatic rings. The molecule has 1 N–H and O–H groups in total. The monoisotopic (exact) mass is 384 g/mol. The highest BCUT2D eigenvalue weighted by Crippen LogP contribution is 2.36. The Morgan fingerprint density at radius 2 is 1.79 bits per heavy atom. The summed E-state index contributed by atoms with van der Waals surface area (Å²) in [5.74, 6) is 0.0879. The van der Waals surface area contributed by atoms with Gasteiger partial charge in [-0.25, -0.2) is 9.67 Å². The minimum Gasteiger partial charge on any atom is -0.314 e. The molecular formula is C23H22N5O+. The third-order valence-electron chi connectivity index (χ3n) is 5.87. The topological polar surface area (TPSA) is 55.5 Å². The Morgan fingerprint density at radius 3 is 2.52 bits per heavy atom. The number of quaternary nitrogens is 1. The molecule has 3 aromatic carbocycles. The molecule has 144 valence electrons. The van der Waals surface area contributed by atoms with Crippen molar-refractivity contribution in [1.82, 2.24) is 14.8 Å². The number of rotatable bonds is 5. The summed E-state index contributed by atoms with van der Waals surface area (Å²) in [6.45, 7) is 2.80. The van der Waals surface area contributed by atoms with Gasteiger partial charge in [-0.2, -0.15) is 5.10 Å². The SMILES string of the molecule is C[C@@H](c1ccc(-n2cncn2)cc1)[NH+](C)CN1C(=O)c2cccc3cccc1c23. The number of benzene rings is 3. The predicted molar refractivity (Wildman–Crippen MR) is 112 cm³/mol. The van der Waals surface area contributed by atoms with Gasteiger partial charge in [-0.3, -0.25) is 9.69 Å². The molecule has 1 aliphatic rings. The molecule has 29 heavy (non-hydrogen) atoms. The lowest BCUT2D eigenvalue weighted by Crippen LogP contribution is -3.10. The second kappa shape index (κ2) is 6.83. The minimum atomic E-state index is 0.0879. The maximum Gasteiger partial charge on any atom is 0.263 e. The maximum atomic E-state index is 13.0. The largest absolute Gasteiger partial charge is 0.314 e. The van der Waals surface area contributed by atoms with Crippen LogP contribution in [0, 0.1) is 0 Å². The second-order valence-corrected chi connectivity index (χ2v) is 7.57. The molecule has 0 aliphatic carbocycles. The van der Waals surface area contributed by atoms with E-state index in [9.17, 15) is 4.79 Å². The van der Waals surface area contributed by atoms with Crippen molar-refractivity contribution in [2.75, 3.05) is 18.6 Å². The first-order valence-corrected chi connectivity index (χ1v) is 9.74. The van der Waals surface area contributed by atoms with Gasteiger partial charge in [-0.1, -0.05) is 36.4 Å². The maximum absolute atomic E-state index is 13.0. The van der Waals surface area contributed by atoms with E-state index in [0.29, 0.717) is 6.67 Å². The average Bonchev–Trinajstić information content (AvgIpc) is 3.38. The molecule has 2 heterocycles. The lowest BCUT2D eigenvalue weighted by Gasteiger charge is -2.27. The Labute approximate surface area is 169 Å². The Morgan fingerprint density at radius 1 is 1.03 bits per heavy atom. The number of carbonyl (C=O) groups is 1. The Bertz CT molecular complexity index is 1180. The number of hydrogen-bond donors (Lipinski definition) is 1. The number of anilines is 1.